The van der Waals surface area contributed by atoms with Crippen LogP contribution in [0.2, 0.25) is 0 Å². The number of hydrogen-bond donors (Lipinski definition) is 0. The van der Waals surface area contributed by atoms with Gasteiger partial charge in [-0.15, -0.1) is 5.21 Å². The molecule has 2 heteroatoms. The van der Waals surface area contributed by atoms with E-state index < -0.39 is 0 Å². The standard InChI is InChI=1S/C6H14NO/c1-3-5-7(8)6-4-2/h3-6H2,1-2H3. The fourth-order valence-corrected chi connectivity index (χ4v) is 0.611. The molecule has 49 valence electrons. The van der Waals surface area contributed by atoms with Crippen molar-refractivity contribution in [2.24, 2.45) is 0 Å². The lowest BCUT2D eigenvalue weighted by molar-refractivity contribution is -0.156. The molecule has 2 nitrogen and oxygen atoms in total. The lowest BCUT2D eigenvalue weighted by atomic mass is 10.4. The van der Waals surface area contributed by atoms with Crippen molar-refractivity contribution in [3.63, 3.8) is 0 Å². The molecule has 8 heavy (non-hydrogen) atoms. The third kappa shape index (κ3) is 4.09. The molecule has 0 aliphatic rings. The van der Waals surface area contributed by atoms with Gasteiger partial charge in [0.05, 0.1) is 0 Å². The van der Waals surface area contributed by atoms with E-state index in [-0.39, 0.29) is 0 Å². The summed E-state index contributed by atoms with van der Waals surface area (Å²) in [4.78, 5) is 0. The molecule has 0 saturated heterocycles. The van der Waals surface area contributed by atoms with Gasteiger partial charge in [0.2, 0.25) is 0 Å². The van der Waals surface area contributed by atoms with Crippen LogP contribution in [0.15, 0.2) is 0 Å². The van der Waals surface area contributed by atoms with Crippen LogP contribution in [0.4, 0.5) is 0 Å². The highest BCUT2D eigenvalue weighted by atomic mass is 16.5. The summed E-state index contributed by atoms with van der Waals surface area (Å²) >= 11 is 0. The first-order valence-electron chi connectivity index (χ1n) is 3.23. The molecule has 0 heterocycles. The van der Waals surface area contributed by atoms with Gasteiger partial charge in [-0.2, -0.15) is 5.06 Å². The molecule has 0 bridgehead atoms. The molecule has 0 atom stereocenters. The normalized spacial score (nSPS) is 10.5. The summed E-state index contributed by atoms with van der Waals surface area (Å²) in [5, 5.41) is 11.7. The molecule has 0 rings (SSSR count). The Hall–Kier alpha value is -0.0800. The molecule has 0 aromatic carbocycles. The second kappa shape index (κ2) is 5.06. The van der Waals surface area contributed by atoms with Crippen molar-refractivity contribution in [1.29, 1.82) is 0 Å². The number of hydroxylamine groups is 2. The van der Waals surface area contributed by atoms with Crippen molar-refractivity contribution in [2.45, 2.75) is 26.7 Å². The van der Waals surface area contributed by atoms with Gasteiger partial charge in [-0.05, 0) is 12.8 Å². The van der Waals surface area contributed by atoms with E-state index in [1.54, 1.807) is 0 Å². The molecule has 0 fully saturated rings. The third-order valence-electron chi connectivity index (χ3n) is 0.946. The Labute approximate surface area is 51.1 Å². The molecule has 1 radical (unpaired) electrons. The van der Waals surface area contributed by atoms with Crippen LogP contribution >= 0.6 is 0 Å². The highest BCUT2D eigenvalue weighted by Crippen LogP contribution is 1.87. The van der Waals surface area contributed by atoms with Crippen LogP contribution in [0.3, 0.4) is 0 Å². The van der Waals surface area contributed by atoms with E-state index >= 15 is 0 Å². The van der Waals surface area contributed by atoms with Crippen LogP contribution in [0.1, 0.15) is 26.7 Å². The SMILES string of the molecule is CCCN([O])CCC. The summed E-state index contributed by atoms with van der Waals surface area (Å²) in [6.07, 6.45) is 1.92. The summed E-state index contributed by atoms with van der Waals surface area (Å²) in [5.74, 6) is 0. The average Bonchev–Trinajstić information content (AvgIpc) is 1.68. The van der Waals surface area contributed by atoms with E-state index in [0.29, 0.717) is 13.1 Å². The van der Waals surface area contributed by atoms with Gasteiger partial charge < -0.3 is 0 Å². The average molecular weight is 116 g/mol. The highest BCUT2D eigenvalue weighted by molar-refractivity contribution is 4.38. The Bertz CT molecular complexity index is 41.8. The van der Waals surface area contributed by atoms with Gasteiger partial charge in [-0.1, -0.05) is 13.8 Å². The van der Waals surface area contributed by atoms with Gasteiger partial charge in [0.1, 0.15) is 0 Å². The quantitative estimate of drug-likeness (QED) is 0.510. The topological polar surface area (TPSA) is 23.1 Å². The Kier molecular flexibility index (Phi) is 5.01. The zero-order chi connectivity index (χ0) is 6.41. The van der Waals surface area contributed by atoms with Crippen LogP contribution < -0.4 is 0 Å². The second-order valence-electron chi connectivity index (χ2n) is 1.93. The van der Waals surface area contributed by atoms with Crippen molar-refractivity contribution in [3.05, 3.63) is 0 Å². The molecule has 0 amide bonds. The minimum absolute atomic E-state index is 0.688. The Morgan fingerprint density at radius 1 is 1.12 bits per heavy atom. The van der Waals surface area contributed by atoms with E-state index in [1.165, 1.54) is 0 Å². The predicted molar refractivity (Wildman–Crippen MR) is 32.8 cm³/mol. The van der Waals surface area contributed by atoms with E-state index in [4.69, 9.17) is 0 Å². The van der Waals surface area contributed by atoms with Crippen molar-refractivity contribution in [1.82, 2.24) is 5.06 Å². The van der Waals surface area contributed by atoms with Crippen LogP contribution in [0.5, 0.6) is 0 Å². The highest BCUT2D eigenvalue weighted by Gasteiger charge is 1.95. The van der Waals surface area contributed by atoms with E-state index in [9.17, 15) is 5.21 Å². The van der Waals surface area contributed by atoms with Crippen molar-refractivity contribution in [2.75, 3.05) is 13.1 Å². The lowest BCUT2D eigenvalue weighted by Crippen LogP contribution is -2.18. The van der Waals surface area contributed by atoms with E-state index in [1.807, 2.05) is 13.8 Å². The van der Waals surface area contributed by atoms with E-state index in [0.717, 1.165) is 17.9 Å². The molecule has 0 unspecified atom stereocenters. The molecule has 0 aliphatic heterocycles. The lowest BCUT2D eigenvalue weighted by Gasteiger charge is -2.06. The molecule has 0 N–H and O–H groups in total. The zero-order valence-corrected chi connectivity index (χ0v) is 5.68. The van der Waals surface area contributed by atoms with Gasteiger partial charge in [-0.25, -0.2) is 0 Å². The summed E-state index contributed by atoms with van der Waals surface area (Å²) < 4.78 is 0. The van der Waals surface area contributed by atoms with Crippen LogP contribution in [0, 0.1) is 0 Å². The second-order valence-corrected chi connectivity index (χ2v) is 1.93. The fraction of sp³-hybridized carbons (Fsp3) is 1.00. The van der Waals surface area contributed by atoms with Crippen LogP contribution in [0.25, 0.3) is 0 Å². The maximum absolute atomic E-state index is 10.6. The van der Waals surface area contributed by atoms with Gasteiger partial charge in [0.25, 0.3) is 0 Å². The minimum Gasteiger partial charge on any atom is -0.155 e. The maximum Gasteiger partial charge on any atom is 0.0268 e. The molecule has 0 aromatic rings. The Balaban J connectivity index is 2.92. The molecule has 0 aromatic heterocycles. The third-order valence-corrected chi connectivity index (χ3v) is 0.946. The van der Waals surface area contributed by atoms with Crippen molar-refractivity contribution in [3.8, 4) is 0 Å². The smallest absolute Gasteiger partial charge is 0.0268 e. The minimum atomic E-state index is 0.688. The fourth-order valence-electron chi connectivity index (χ4n) is 0.611. The Morgan fingerprint density at radius 3 is 1.75 bits per heavy atom. The number of nitrogens with zero attached hydrogens (tertiary/aromatic N) is 1. The molecule has 0 saturated carbocycles. The van der Waals surface area contributed by atoms with Gasteiger partial charge in [0.15, 0.2) is 0 Å². The van der Waals surface area contributed by atoms with Gasteiger partial charge in [-0.3, -0.25) is 0 Å². The first kappa shape index (κ1) is 7.92. The van der Waals surface area contributed by atoms with E-state index in [2.05, 4.69) is 0 Å². The molecular formula is C6H14NO. The van der Waals surface area contributed by atoms with Crippen molar-refractivity contribution >= 4 is 0 Å². The molecular weight excluding hydrogens is 102 g/mol. The summed E-state index contributed by atoms with van der Waals surface area (Å²) in [5.41, 5.74) is 0. The van der Waals surface area contributed by atoms with Crippen molar-refractivity contribution < 1.29 is 5.21 Å². The maximum atomic E-state index is 10.6. The zero-order valence-electron chi connectivity index (χ0n) is 5.68. The largest absolute Gasteiger partial charge is 0.155 e. The van der Waals surface area contributed by atoms with Gasteiger partial charge >= 0.3 is 0 Å². The summed E-state index contributed by atoms with van der Waals surface area (Å²) in [6.45, 7) is 5.41. The Morgan fingerprint density at radius 2 is 1.50 bits per heavy atom. The molecule has 0 aliphatic carbocycles. The summed E-state index contributed by atoms with van der Waals surface area (Å²) in [7, 11) is 0. The predicted octanol–water partition coefficient (Wildman–Crippen LogP) is 1.45. The molecule has 0 spiro atoms. The van der Waals surface area contributed by atoms with Gasteiger partial charge in [0, 0.05) is 13.1 Å². The number of rotatable bonds is 4. The first-order chi connectivity index (χ1) is 3.81. The van der Waals surface area contributed by atoms with Crippen LogP contribution in [-0.2, 0) is 5.21 Å². The first-order valence-corrected chi connectivity index (χ1v) is 3.23. The number of hydrogen-bond acceptors (Lipinski definition) is 1. The summed E-state index contributed by atoms with van der Waals surface area (Å²) in [6, 6.07) is 0. The monoisotopic (exact) mass is 116 g/mol. The van der Waals surface area contributed by atoms with Crippen LogP contribution in [-0.4, -0.2) is 18.2 Å².